The molecule has 0 aliphatic heterocycles. The Kier molecular flexibility index (Phi) is 5.73. The Balaban J connectivity index is 1.79. The summed E-state index contributed by atoms with van der Waals surface area (Å²) < 4.78 is 5.53. The van der Waals surface area contributed by atoms with Crippen molar-refractivity contribution >= 4 is 5.91 Å². The van der Waals surface area contributed by atoms with Crippen LogP contribution in [0.1, 0.15) is 28.9 Å². The summed E-state index contributed by atoms with van der Waals surface area (Å²) in [6.45, 7) is 2.26. The minimum absolute atomic E-state index is 0.108. The summed E-state index contributed by atoms with van der Waals surface area (Å²) in [7, 11) is 1.76. The number of nitrogens with zero attached hydrogens (tertiary/aromatic N) is 2. The third kappa shape index (κ3) is 5.18. The van der Waals surface area contributed by atoms with Crippen LogP contribution in [0.25, 0.3) is 0 Å². The van der Waals surface area contributed by atoms with Crippen molar-refractivity contribution in [2.75, 3.05) is 33.4 Å². The summed E-state index contributed by atoms with van der Waals surface area (Å²) in [5.41, 5.74) is 6.48. The van der Waals surface area contributed by atoms with Crippen LogP contribution in [0.15, 0.2) is 18.3 Å². The van der Waals surface area contributed by atoms with Gasteiger partial charge in [-0.1, -0.05) is 11.8 Å². The van der Waals surface area contributed by atoms with Crippen LogP contribution in [0.2, 0.25) is 0 Å². The van der Waals surface area contributed by atoms with Gasteiger partial charge in [-0.15, -0.1) is 0 Å². The zero-order valence-corrected chi connectivity index (χ0v) is 12.3. The second-order valence-electron chi connectivity index (χ2n) is 5.18. The van der Waals surface area contributed by atoms with E-state index in [-0.39, 0.29) is 5.91 Å². The van der Waals surface area contributed by atoms with Crippen LogP contribution in [0, 0.1) is 17.8 Å². The van der Waals surface area contributed by atoms with Crippen LogP contribution >= 0.6 is 0 Å². The van der Waals surface area contributed by atoms with Gasteiger partial charge in [0, 0.05) is 32.0 Å². The minimum Gasteiger partial charge on any atom is -0.379 e. The van der Waals surface area contributed by atoms with Crippen molar-refractivity contribution in [1.82, 2.24) is 9.88 Å². The van der Waals surface area contributed by atoms with E-state index >= 15 is 0 Å². The van der Waals surface area contributed by atoms with Gasteiger partial charge in [-0.3, -0.25) is 4.79 Å². The number of rotatable bonds is 6. The third-order valence-corrected chi connectivity index (χ3v) is 3.29. The van der Waals surface area contributed by atoms with Gasteiger partial charge in [-0.25, -0.2) is 4.98 Å². The van der Waals surface area contributed by atoms with Gasteiger partial charge in [-0.05, 0) is 30.9 Å². The maximum Gasteiger partial charge on any atom is 0.272 e. The van der Waals surface area contributed by atoms with Gasteiger partial charge in [0.2, 0.25) is 0 Å². The van der Waals surface area contributed by atoms with E-state index < -0.39 is 0 Å². The van der Waals surface area contributed by atoms with E-state index in [1.54, 1.807) is 30.3 Å². The fraction of sp³-hybridized carbons (Fsp3) is 0.500. The monoisotopic (exact) mass is 287 g/mol. The first-order valence-corrected chi connectivity index (χ1v) is 7.19. The topological polar surface area (TPSA) is 68.5 Å². The summed E-state index contributed by atoms with van der Waals surface area (Å²) in [5.74, 6) is 6.26. The number of amides is 1. The molecule has 1 aliphatic rings. The maximum absolute atomic E-state index is 12.2. The molecule has 1 saturated carbocycles. The number of aromatic nitrogens is 1. The summed E-state index contributed by atoms with van der Waals surface area (Å²) in [5, 5.41) is 0. The molecular formula is C16H21N3O2. The molecule has 1 heterocycles. The molecule has 1 fully saturated rings. The second kappa shape index (κ2) is 7.77. The van der Waals surface area contributed by atoms with Crippen LogP contribution < -0.4 is 5.73 Å². The second-order valence-corrected chi connectivity index (χ2v) is 5.18. The summed E-state index contributed by atoms with van der Waals surface area (Å²) >= 11 is 0. The lowest BCUT2D eigenvalue weighted by atomic mass is 10.2. The van der Waals surface area contributed by atoms with E-state index in [0.717, 1.165) is 18.1 Å². The van der Waals surface area contributed by atoms with Crippen molar-refractivity contribution in [3.05, 3.63) is 29.6 Å². The molecule has 1 aromatic heterocycles. The number of nitrogens with two attached hydrogens (primary N) is 1. The predicted molar refractivity (Wildman–Crippen MR) is 80.7 cm³/mol. The first-order chi connectivity index (χ1) is 10.2. The first kappa shape index (κ1) is 15.5. The largest absolute Gasteiger partial charge is 0.379 e. The molecule has 0 saturated heterocycles. The summed E-state index contributed by atoms with van der Waals surface area (Å²) in [4.78, 5) is 17.9. The van der Waals surface area contributed by atoms with Gasteiger partial charge in [0.05, 0.1) is 13.2 Å². The van der Waals surface area contributed by atoms with Gasteiger partial charge in [0.25, 0.3) is 5.91 Å². The Hall–Kier alpha value is -1.90. The standard InChI is InChI=1S/C16H21N3O2/c1-19(9-10-21-12-14-4-5-14)16(20)15-7-6-13(11-18-15)3-2-8-17/h6-7,11,14H,4-5,8-10,12,17H2,1H3. The van der Waals surface area contributed by atoms with Crippen molar-refractivity contribution in [2.45, 2.75) is 12.8 Å². The van der Waals surface area contributed by atoms with Gasteiger partial charge >= 0.3 is 0 Å². The number of likely N-dealkylation sites (N-methyl/N-ethyl adjacent to an activating group) is 1. The molecule has 1 aliphatic carbocycles. The van der Waals surface area contributed by atoms with Crippen LogP contribution in [0.4, 0.5) is 0 Å². The molecule has 0 atom stereocenters. The van der Waals surface area contributed by atoms with Gasteiger partial charge < -0.3 is 15.4 Å². The van der Waals surface area contributed by atoms with Crippen molar-refractivity contribution in [1.29, 1.82) is 0 Å². The molecule has 0 radical (unpaired) electrons. The zero-order chi connectivity index (χ0) is 15.1. The molecule has 21 heavy (non-hydrogen) atoms. The lowest BCUT2D eigenvalue weighted by Crippen LogP contribution is -2.30. The average molecular weight is 287 g/mol. The highest BCUT2D eigenvalue weighted by atomic mass is 16.5. The molecular weight excluding hydrogens is 266 g/mol. The molecule has 1 amide bonds. The lowest BCUT2D eigenvalue weighted by Gasteiger charge is -2.16. The molecule has 1 aromatic rings. The average Bonchev–Trinajstić information content (AvgIpc) is 3.33. The van der Waals surface area contributed by atoms with Crippen LogP contribution in [-0.2, 0) is 4.74 Å². The van der Waals surface area contributed by atoms with E-state index in [1.807, 2.05) is 0 Å². The number of pyridine rings is 1. The van der Waals surface area contributed by atoms with Crippen LogP contribution in [-0.4, -0.2) is 49.1 Å². The molecule has 5 heteroatoms. The predicted octanol–water partition coefficient (Wildman–Crippen LogP) is 0.890. The normalized spacial score (nSPS) is 13.4. The van der Waals surface area contributed by atoms with Crippen molar-refractivity contribution < 1.29 is 9.53 Å². The smallest absolute Gasteiger partial charge is 0.272 e. The third-order valence-electron chi connectivity index (χ3n) is 3.29. The van der Waals surface area contributed by atoms with E-state index in [0.29, 0.717) is 25.4 Å². The highest BCUT2D eigenvalue weighted by Gasteiger charge is 2.21. The Bertz CT molecular complexity index is 527. The number of hydrogen-bond acceptors (Lipinski definition) is 4. The van der Waals surface area contributed by atoms with E-state index in [9.17, 15) is 4.79 Å². The molecule has 0 spiro atoms. The molecule has 0 aromatic carbocycles. The lowest BCUT2D eigenvalue weighted by molar-refractivity contribution is 0.0676. The first-order valence-electron chi connectivity index (χ1n) is 7.19. The Labute approximate surface area is 125 Å². The minimum atomic E-state index is -0.108. The zero-order valence-electron chi connectivity index (χ0n) is 12.3. The number of hydrogen-bond donors (Lipinski definition) is 1. The van der Waals surface area contributed by atoms with Crippen molar-refractivity contribution in [2.24, 2.45) is 11.7 Å². The van der Waals surface area contributed by atoms with E-state index in [2.05, 4.69) is 16.8 Å². The quantitative estimate of drug-likeness (QED) is 0.623. The van der Waals surface area contributed by atoms with Crippen LogP contribution in [0.5, 0.6) is 0 Å². The van der Waals surface area contributed by atoms with Crippen molar-refractivity contribution in [3.63, 3.8) is 0 Å². The van der Waals surface area contributed by atoms with E-state index in [1.165, 1.54) is 12.8 Å². The molecule has 5 nitrogen and oxygen atoms in total. The van der Waals surface area contributed by atoms with Gasteiger partial charge in [0.15, 0.2) is 0 Å². The molecule has 2 N–H and O–H groups in total. The summed E-state index contributed by atoms with van der Waals surface area (Å²) in [6, 6.07) is 3.46. The summed E-state index contributed by atoms with van der Waals surface area (Å²) in [6.07, 6.45) is 4.14. The fourth-order valence-corrected chi connectivity index (χ4v) is 1.78. The van der Waals surface area contributed by atoms with Gasteiger partial charge in [-0.2, -0.15) is 0 Å². The molecule has 0 unspecified atom stereocenters. The highest BCUT2D eigenvalue weighted by molar-refractivity contribution is 5.92. The maximum atomic E-state index is 12.2. The Morgan fingerprint density at radius 1 is 1.52 bits per heavy atom. The van der Waals surface area contributed by atoms with E-state index in [4.69, 9.17) is 10.5 Å². The molecule has 112 valence electrons. The SMILES string of the molecule is CN(CCOCC1CC1)C(=O)c1ccc(C#CCN)cn1. The van der Waals surface area contributed by atoms with Crippen molar-refractivity contribution in [3.8, 4) is 11.8 Å². The molecule has 2 rings (SSSR count). The Morgan fingerprint density at radius 3 is 2.95 bits per heavy atom. The van der Waals surface area contributed by atoms with Gasteiger partial charge in [0.1, 0.15) is 5.69 Å². The Morgan fingerprint density at radius 2 is 2.33 bits per heavy atom. The molecule has 0 bridgehead atoms. The number of carbonyl (C=O) groups excluding carboxylic acids is 1. The fourth-order valence-electron chi connectivity index (χ4n) is 1.78. The number of ether oxygens (including phenoxy) is 1. The van der Waals surface area contributed by atoms with Crippen LogP contribution in [0.3, 0.4) is 0 Å². The number of carbonyl (C=O) groups is 1. The highest BCUT2D eigenvalue weighted by Crippen LogP contribution is 2.28.